The highest BCUT2D eigenvalue weighted by Crippen LogP contribution is 2.13. The third-order valence-electron chi connectivity index (χ3n) is 2.70. The first kappa shape index (κ1) is 13.9. The first-order valence-corrected chi connectivity index (χ1v) is 6.21. The molecule has 2 aromatic heterocycles. The molecule has 3 N–H and O–H groups in total. The van der Waals surface area contributed by atoms with E-state index in [0.717, 1.165) is 5.69 Å². The van der Waals surface area contributed by atoms with Crippen molar-refractivity contribution in [3.63, 3.8) is 0 Å². The number of amides is 1. The lowest BCUT2D eigenvalue weighted by Crippen LogP contribution is -2.12. The van der Waals surface area contributed by atoms with E-state index in [-0.39, 0.29) is 18.2 Å². The standard InChI is InChI=1S/C13H16N4O3/c1-4-20-13(19)9-6-10(14-8(9)3)12(18)15-11-5-7(2)16-17-11/h5-6,14H,4H2,1-3H3,(H2,15,16,17,18). The van der Waals surface area contributed by atoms with Crippen LogP contribution >= 0.6 is 0 Å². The van der Waals surface area contributed by atoms with E-state index in [1.165, 1.54) is 6.07 Å². The minimum Gasteiger partial charge on any atom is -0.462 e. The SMILES string of the molecule is CCOC(=O)c1cc(C(=O)Nc2cc(C)[nH]n2)[nH]c1C. The highest BCUT2D eigenvalue weighted by molar-refractivity contribution is 6.04. The van der Waals surface area contributed by atoms with Crippen molar-refractivity contribution >= 4 is 17.7 Å². The Balaban J connectivity index is 2.15. The number of hydrogen-bond acceptors (Lipinski definition) is 4. The Bertz CT molecular complexity index is 642. The fraction of sp³-hybridized carbons (Fsp3) is 0.308. The first-order valence-electron chi connectivity index (χ1n) is 6.21. The highest BCUT2D eigenvalue weighted by Gasteiger charge is 2.17. The number of carbonyl (C=O) groups excluding carboxylic acids is 2. The molecule has 0 saturated carbocycles. The van der Waals surface area contributed by atoms with Crippen LogP contribution in [0.2, 0.25) is 0 Å². The van der Waals surface area contributed by atoms with Gasteiger partial charge in [0.1, 0.15) is 5.69 Å². The predicted octanol–water partition coefficient (Wildman–Crippen LogP) is 1.78. The lowest BCUT2D eigenvalue weighted by atomic mass is 10.2. The van der Waals surface area contributed by atoms with Crippen molar-refractivity contribution in [3.8, 4) is 0 Å². The van der Waals surface area contributed by atoms with E-state index in [4.69, 9.17) is 4.74 Å². The van der Waals surface area contributed by atoms with Gasteiger partial charge in [0.2, 0.25) is 0 Å². The zero-order valence-electron chi connectivity index (χ0n) is 11.5. The number of ether oxygens (including phenoxy) is 1. The second kappa shape index (κ2) is 5.60. The summed E-state index contributed by atoms with van der Waals surface area (Å²) in [6.45, 7) is 5.56. The van der Waals surface area contributed by atoms with Gasteiger partial charge in [-0.1, -0.05) is 0 Å². The maximum absolute atomic E-state index is 12.0. The molecule has 0 aliphatic rings. The van der Waals surface area contributed by atoms with Gasteiger partial charge in [-0.25, -0.2) is 4.79 Å². The lowest BCUT2D eigenvalue weighted by Gasteiger charge is -1.98. The van der Waals surface area contributed by atoms with Crippen LogP contribution in [-0.4, -0.2) is 33.7 Å². The first-order chi connectivity index (χ1) is 9.51. The fourth-order valence-corrected chi connectivity index (χ4v) is 1.77. The summed E-state index contributed by atoms with van der Waals surface area (Å²) in [4.78, 5) is 26.6. The number of esters is 1. The van der Waals surface area contributed by atoms with Crippen LogP contribution in [0.25, 0.3) is 0 Å². The maximum atomic E-state index is 12.0. The van der Waals surface area contributed by atoms with E-state index in [2.05, 4.69) is 20.5 Å². The van der Waals surface area contributed by atoms with Crippen LogP contribution in [0.4, 0.5) is 5.82 Å². The van der Waals surface area contributed by atoms with Crippen molar-refractivity contribution in [2.24, 2.45) is 0 Å². The molecule has 0 bridgehead atoms. The third kappa shape index (κ3) is 2.87. The smallest absolute Gasteiger partial charge is 0.339 e. The quantitative estimate of drug-likeness (QED) is 0.741. The monoisotopic (exact) mass is 276 g/mol. The van der Waals surface area contributed by atoms with Crippen LogP contribution in [0.3, 0.4) is 0 Å². The number of aromatic nitrogens is 3. The predicted molar refractivity (Wildman–Crippen MR) is 72.8 cm³/mol. The average Bonchev–Trinajstić information content (AvgIpc) is 2.96. The Labute approximate surface area is 115 Å². The number of H-pyrrole nitrogens is 2. The van der Waals surface area contributed by atoms with E-state index in [1.54, 1.807) is 19.9 Å². The Morgan fingerprint density at radius 1 is 1.35 bits per heavy atom. The average molecular weight is 276 g/mol. The van der Waals surface area contributed by atoms with Crippen LogP contribution in [-0.2, 0) is 4.74 Å². The van der Waals surface area contributed by atoms with Crippen LogP contribution < -0.4 is 5.32 Å². The van der Waals surface area contributed by atoms with E-state index in [0.29, 0.717) is 17.1 Å². The molecule has 7 heteroatoms. The maximum Gasteiger partial charge on any atom is 0.339 e. The van der Waals surface area contributed by atoms with Gasteiger partial charge in [0.15, 0.2) is 5.82 Å². The van der Waals surface area contributed by atoms with Gasteiger partial charge in [0.25, 0.3) is 5.91 Å². The molecule has 7 nitrogen and oxygen atoms in total. The van der Waals surface area contributed by atoms with Gasteiger partial charge in [-0.3, -0.25) is 9.89 Å². The number of aromatic amines is 2. The van der Waals surface area contributed by atoms with E-state index < -0.39 is 5.97 Å². The third-order valence-corrected chi connectivity index (χ3v) is 2.70. The van der Waals surface area contributed by atoms with E-state index in [9.17, 15) is 9.59 Å². The zero-order valence-corrected chi connectivity index (χ0v) is 11.5. The largest absolute Gasteiger partial charge is 0.462 e. The molecule has 0 aromatic carbocycles. The van der Waals surface area contributed by atoms with Crippen molar-refractivity contribution < 1.29 is 14.3 Å². The number of hydrogen-bond donors (Lipinski definition) is 3. The second-order valence-corrected chi connectivity index (χ2v) is 4.33. The highest BCUT2D eigenvalue weighted by atomic mass is 16.5. The number of aryl methyl sites for hydroxylation is 2. The summed E-state index contributed by atoms with van der Waals surface area (Å²) in [5, 5.41) is 9.27. The number of nitrogens with one attached hydrogen (secondary N) is 3. The van der Waals surface area contributed by atoms with Crippen LogP contribution in [0.5, 0.6) is 0 Å². The Morgan fingerprint density at radius 3 is 2.70 bits per heavy atom. The van der Waals surface area contributed by atoms with Crippen LogP contribution in [0.15, 0.2) is 12.1 Å². The van der Waals surface area contributed by atoms with Crippen molar-refractivity contribution in [3.05, 3.63) is 34.8 Å². The van der Waals surface area contributed by atoms with Gasteiger partial charge in [-0.05, 0) is 26.8 Å². The summed E-state index contributed by atoms with van der Waals surface area (Å²) in [7, 11) is 0. The molecule has 0 spiro atoms. The Kier molecular flexibility index (Phi) is 3.88. The Hall–Kier alpha value is -2.57. The molecule has 106 valence electrons. The molecular weight excluding hydrogens is 260 g/mol. The van der Waals surface area contributed by atoms with Crippen molar-refractivity contribution in [2.45, 2.75) is 20.8 Å². The summed E-state index contributed by atoms with van der Waals surface area (Å²) in [6.07, 6.45) is 0. The molecule has 20 heavy (non-hydrogen) atoms. The molecule has 1 amide bonds. The molecule has 0 aliphatic heterocycles. The summed E-state index contributed by atoms with van der Waals surface area (Å²) in [6, 6.07) is 3.18. The summed E-state index contributed by atoms with van der Waals surface area (Å²) in [5.41, 5.74) is 2.07. The van der Waals surface area contributed by atoms with Crippen molar-refractivity contribution in [1.29, 1.82) is 0 Å². The molecule has 0 fully saturated rings. The summed E-state index contributed by atoms with van der Waals surface area (Å²) in [5.74, 6) is -0.386. The molecule has 0 atom stereocenters. The number of anilines is 1. The van der Waals surface area contributed by atoms with Gasteiger partial charge in [-0.15, -0.1) is 0 Å². The molecule has 2 rings (SSSR count). The van der Waals surface area contributed by atoms with Crippen molar-refractivity contribution in [2.75, 3.05) is 11.9 Å². The number of nitrogens with zero attached hydrogens (tertiary/aromatic N) is 1. The topological polar surface area (TPSA) is 99.9 Å². The normalized spacial score (nSPS) is 10.3. The lowest BCUT2D eigenvalue weighted by molar-refractivity contribution is 0.0525. The van der Waals surface area contributed by atoms with Gasteiger partial charge in [0.05, 0.1) is 12.2 Å². The van der Waals surface area contributed by atoms with Gasteiger partial charge >= 0.3 is 5.97 Å². The minimum atomic E-state index is -0.448. The second-order valence-electron chi connectivity index (χ2n) is 4.33. The van der Waals surface area contributed by atoms with Crippen LogP contribution in [0.1, 0.15) is 39.2 Å². The van der Waals surface area contributed by atoms with Gasteiger partial charge in [-0.2, -0.15) is 5.10 Å². The van der Waals surface area contributed by atoms with Gasteiger partial charge in [0, 0.05) is 17.5 Å². The molecule has 0 saturated heterocycles. The number of carbonyl (C=O) groups is 2. The molecule has 2 heterocycles. The molecule has 0 unspecified atom stereocenters. The Morgan fingerprint density at radius 2 is 2.10 bits per heavy atom. The van der Waals surface area contributed by atoms with E-state index in [1.807, 2.05) is 6.92 Å². The fourth-order valence-electron chi connectivity index (χ4n) is 1.77. The van der Waals surface area contributed by atoms with Crippen molar-refractivity contribution in [1.82, 2.24) is 15.2 Å². The molecule has 0 radical (unpaired) electrons. The molecule has 2 aromatic rings. The minimum absolute atomic E-state index is 0.284. The van der Waals surface area contributed by atoms with Gasteiger partial charge < -0.3 is 15.0 Å². The van der Waals surface area contributed by atoms with E-state index >= 15 is 0 Å². The molecular formula is C13H16N4O3. The van der Waals surface area contributed by atoms with Crippen LogP contribution in [0, 0.1) is 13.8 Å². The molecule has 0 aliphatic carbocycles. The summed E-state index contributed by atoms with van der Waals surface area (Å²) >= 11 is 0. The zero-order chi connectivity index (χ0) is 14.7. The number of rotatable bonds is 4. The summed E-state index contributed by atoms with van der Waals surface area (Å²) < 4.78 is 4.92.